The molecule has 0 aromatic heterocycles. The largest absolute Gasteiger partial charge is 0.504 e. The number of methoxy groups -OCH3 is 1. The van der Waals surface area contributed by atoms with Crippen molar-refractivity contribution in [3.8, 4) is 11.5 Å². The molecule has 1 aliphatic heterocycles. The van der Waals surface area contributed by atoms with Crippen molar-refractivity contribution in [1.82, 2.24) is 4.90 Å². The maximum atomic E-state index is 12.7. The van der Waals surface area contributed by atoms with E-state index in [-0.39, 0.29) is 17.8 Å². The van der Waals surface area contributed by atoms with Crippen molar-refractivity contribution in [2.45, 2.75) is 6.17 Å². The summed E-state index contributed by atoms with van der Waals surface area (Å²) < 4.78 is 5.07. The van der Waals surface area contributed by atoms with Crippen LogP contribution in [0.2, 0.25) is 0 Å². The van der Waals surface area contributed by atoms with Crippen LogP contribution < -0.4 is 10.1 Å². The summed E-state index contributed by atoms with van der Waals surface area (Å²) in [4.78, 5) is 14.4. The number of carbonyl (C=O) groups is 1. The van der Waals surface area contributed by atoms with Crippen LogP contribution in [0.5, 0.6) is 11.5 Å². The van der Waals surface area contributed by atoms with Gasteiger partial charge in [-0.05, 0) is 29.8 Å². The smallest absolute Gasteiger partial charge is 0.258 e. The number of nitrogens with one attached hydrogen (secondary N) is 1. The SMILES string of the molecule is C=CCN1C(=O)c2ccccc2N[C@H]1c1ccc(OC)c(O)c1. The van der Waals surface area contributed by atoms with Crippen LogP contribution in [-0.2, 0) is 0 Å². The summed E-state index contributed by atoms with van der Waals surface area (Å²) in [5.41, 5.74) is 2.18. The van der Waals surface area contributed by atoms with E-state index in [1.807, 2.05) is 24.3 Å². The highest BCUT2D eigenvalue weighted by atomic mass is 16.5. The Labute approximate surface area is 134 Å². The fourth-order valence-electron chi connectivity index (χ4n) is 2.76. The highest BCUT2D eigenvalue weighted by Gasteiger charge is 2.32. The van der Waals surface area contributed by atoms with Crippen molar-refractivity contribution in [2.75, 3.05) is 19.0 Å². The van der Waals surface area contributed by atoms with E-state index in [0.29, 0.717) is 17.9 Å². The summed E-state index contributed by atoms with van der Waals surface area (Å²) in [6.45, 7) is 4.13. The van der Waals surface area contributed by atoms with Gasteiger partial charge < -0.3 is 20.1 Å². The highest BCUT2D eigenvalue weighted by molar-refractivity contribution is 6.01. The molecule has 0 saturated heterocycles. The number of hydrogen-bond acceptors (Lipinski definition) is 4. The molecule has 3 rings (SSSR count). The Morgan fingerprint density at radius 2 is 2.13 bits per heavy atom. The van der Waals surface area contributed by atoms with Gasteiger partial charge in [-0.25, -0.2) is 0 Å². The van der Waals surface area contributed by atoms with Gasteiger partial charge >= 0.3 is 0 Å². The molecule has 0 saturated carbocycles. The fraction of sp³-hybridized carbons (Fsp3) is 0.167. The summed E-state index contributed by atoms with van der Waals surface area (Å²) >= 11 is 0. The fourth-order valence-corrected chi connectivity index (χ4v) is 2.76. The predicted molar refractivity (Wildman–Crippen MR) is 88.7 cm³/mol. The van der Waals surface area contributed by atoms with E-state index in [2.05, 4.69) is 11.9 Å². The van der Waals surface area contributed by atoms with Crippen molar-refractivity contribution >= 4 is 11.6 Å². The number of amides is 1. The molecule has 0 unspecified atom stereocenters. The maximum Gasteiger partial charge on any atom is 0.258 e. The molecule has 5 heteroatoms. The molecule has 0 aliphatic carbocycles. The average molecular weight is 310 g/mol. The number of nitrogens with zero attached hydrogens (tertiary/aromatic N) is 1. The molecular formula is C18H18N2O3. The second kappa shape index (κ2) is 6.04. The number of phenolic OH excluding ortho intramolecular Hbond substituents is 1. The molecule has 1 atom stereocenters. The van der Waals surface area contributed by atoms with Gasteiger partial charge in [-0.1, -0.05) is 24.3 Å². The summed E-state index contributed by atoms with van der Waals surface area (Å²) in [6.07, 6.45) is 1.30. The normalized spacial score (nSPS) is 16.5. The van der Waals surface area contributed by atoms with Gasteiger partial charge in [0.05, 0.1) is 12.7 Å². The molecule has 0 bridgehead atoms. The molecule has 2 aromatic carbocycles. The van der Waals surface area contributed by atoms with Crippen LogP contribution in [0.15, 0.2) is 55.1 Å². The number of rotatable bonds is 4. The van der Waals surface area contributed by atoms with Gasteiger partial charge in [-0.3, -0.25) is 4.79 Å². The Morgan fingerprint density at radius 1 is 1.35 bits per heavy atom. The van der Waals surface area contributed by atoms with Crippen molar-refractivity contribution in [3.05, 3.63) is 66.2 Å². The second-order valence-electron chi connectivity index (χ2n) is 5.27. The number of aromatic hydroxyl groups is 1. The van der Waals surface area contributed by atoms with Gasteiger partial charge in [0.25, 0.3) is 5.91 Å². The van der Waals surface area contributed by atoms with Crippen LogP contribution in [0, 0.1) is 0 Å². The van der Waals surface area contributed by atoms with Gasteiger partial charge in [0, 0.05) is 12.2 Å². The minimum Gasteiger partial charge on any atom is -0.504 e. The zero-order valence-corrected chi connectivity index (χ0v) is 12.8. The van der Waals surface area contributed by atoms with E-state index in [1.54, 1.807) is 29.2 Å². The summed E-state index contributed by atoms with van der Waals surface area (Å²) in [5.74, 6) is 0.364. The third kappa shape index (κ3) is 2.61. The predicted octanol–water partition coefficient (Wildman–Crippen LogP) is 3.15. The molecule has 118 valence electrons. The van der Waals surface area contributed by atoms with Gasteiger partial charge in [-0.15, -0.1) is 6.58 Å². The van der Waals surface area contributed by atoms with Crippen LogP contribution in [0.1, 0.15) is 22.1 Å². The molecule has 23 heavy (non-hydrogen) atoms. The van der Waals surface area contributed by atoms with E-state index in [9.17, 15) is 9.90 Å². The molecule has 0 radical (unpaired) electrons. The number of para-hydroxylation sites is 1. The Bertz CT molecular complexity index is 758. The average Bonchev–Trinajstić information content (AvgIpc) is 2.57. The highest BCUT2D eigenvalue weighted by Crippen LogP contribution is 2.36. The molecule has 2 aromatic rings. The maximum absolute atomic E-state index is 12.7. The monoisotopic (exact) mass is 310 g/mol. The molecule has 1 amide bonds. The molecule has 0 spiro atoms. The van der Waals surface area contributed by atoms with E-state index in [0.717, 1.165) is 11.3 Å². The van der Waals surface area contributed by atoms with E-state index >= 15 is 0 Å². The number of hydrogen-bond donors (Lipinski definition) is 2. The van der Waals surface area contributed by atoms with Gasteiger partial charge in [0.2, 0.25) is 0 Å². The summed E-state index contributed by atoms with van der Waals surface area (Å²) in [7, 11) is 1.50. The van der Waals surface area contributed by atoms with Crippen molar-refractivity contribution in [3.63, 3.8) is 0 Å². The van der Waals surface area contributed by atoms with E-state index in [1.165, 1.54) is 7.11 Å². The third-order valence-electron chi connectivity index (χ3n) is 3.87. The van der Waals surface area contributed by atoms with E-state index < -0.39 is 0 Å². The third-order valence-corrected chi connectivity index (χ3v) is 3.87. The standard InChI is InChI=1S/C18H18N2O3/c1-3-10-20-17(12-8-9-16(23-2)15(21)11-12)19-14-7-5-4-6-13(14)18(20)22/h3-9,11,17,19,21H,1,10H2,2H3/t17-/m1/s1. The lowest BCUT2D eigenvalue weighted by Crippen LogP contribution is -2.42. The van der Waals surface area contributed by atoms with Gasteiger partial charge in [0.15, 0.2) is 11.5 Å². The Hall–Kier alpha value is -2.95. The molecule has 2 N–H and O–H groups in total. The minimum atomic E-state index is -0.382. The number of benzene rings is 2. The first-order chi connectivity index (χ1) is 11.2. The molecule has 1 heterocycles. The Kier molecular flexibility index (Phi) is 3.93. The number of ether oxygens (including phenoxy) is 1. The van der Waals surface area contributed by atoms with Crippen molar-refractivity contribution < 1.29 is 14.6 Å². The topological polar surface area (TPSA) is 61.8 Å². The summed E-state index contributed by atoms with van der Waals surface area (Å²) in [6, 6.07) is 12.5. The van der Waals surface area contributed by atoms with E-state index in [4.69, 9.17) is 4.74 Å². The molecule has 1 aliphatic rings. The number of carbonyl (C=O) groups excluding carboxylic acids is 1. The van der Waals surface area contributed by atoms with Crippen LogP contribution in [0.4, 0.5) is 5.69 Å². The first-order valence-corrected chi connectivity index (χ1v) is 7.30. The van der Waals surface area contributed by atoms with Crippen molar-refractivity contribution in [2.24, 2.45) is 0 Å². The number of fused-ring (bicyclic) bond motifs is 1. The first-order valence-electron chi connectivity index (χ1n) is 7.30. The Balaban J connectivity index is 2.04. The van der Waals surface area contributed by atoms with Crippen LogP contribution in [0.3, 0.4) is 0 Å². The van der Waals surface area contributed by atoms with Gasteiger partial charge in [-0.2, -0.15) is 0 Å². The number of anilines is 1. The van der Waals surface area contributed by atoms with Crippen LogP contribution in [0.25, 0.3) is 0 Å². The lowest BCUT2D eigenvalue weighted by atomic mass is 10.0. The zero-order valence-electron chi connectivity index (χ0n) is 12.8. The minimum absolute atomic E-state index is 0.0386. The number of phenols is 1. The quantitative estimate of drug-likeness (QED) is 0.852. The zero-order chi connectivity index (χ0) is 16.4. The summed E-state index contributed by atoms with van der Waals surface area (Å²) in [5, 5.41) is 13.4. The van der Waals surface area contributed by atoms with Crippen LogP contribution >= 0.6 is 0 Å². The first kappa shape index (κ1) is 15.0. The molecular weight excluding hydrogens is 292 g/mol. The lowest BCUT2D eigenvalue weighted by molar-refractivity contribution is 0.0707. The Morgan fingerprint density at radius 3 is 2.83 bits per heavy atom. The molecule has 5 nitrogen and oxygen atoms in total. The lowest BCUT2D eigenvalue weighted by Gasteiger charge is -2.37. The molecule has 0 fully saturated rings. The van der Waals surface area contributed by atoms with Gasteiger partial charge in [0.1, 0.15) is 6.17 Å². The van der Waals surface area contributed by atoms with Crippen LogP contribution in [-0.4, -0.2) is 29.6 Å². The van der Waals surface area contributed by atoms with Crippen molar-refractivity contribution in [1.29, 1.82) is 0 Å². The second-order valence-corrected chi connectivity index (χ2v) is 5.27.